The second-order valence-corrected chi connectivity index (χ2v) is 6.15. The van der Waals surface area contributed by atoms with Gasteiger partial charge in [0.1, 0.15) is 0 Å². The van der Waals surface area contributed by atoms with E-state index in [2.05, 4.69) is 10.2 Å². The molecule has 0 radical (unpaired) electrons. The van der Waals surface area contributed by atoms with Gasteiger partial charge in [-0.2, -0.15) is 0 Å². The number of nitrogens with one attached hydrogen (secondary N) is 1. The minimum absolute atomic E-state index is 0.137. The van der Waals surface area contributed by atoms with Crippen molar-refractivity contribution in [1.82, 2.24) is 5.32 Å². The minimum atomic E-state index is -0.137. The van der Waals surface area contributed by atoms with Gasteiger partial charge in [0.05, 0.1) is 10.6 Å². The van der Waals surface area contributed by atoms with Crippen LogP contribution in [0.2, 0.25) is 5.02 Å². The molecule has 0 saturated heterocycles. The van der Waals surface area contributed by atoms with Gasteiger partial charge in [-0.05, 0) is 36.6 Å². The minimum Gasteiger partial charge on any atom is -0.373 e. The molecule has 0 fully saturated rings. The third-order valence-corrected chi connectivity index (χ3v) is 4.40. The number of halogens is 1. The first-order valence-corrected chi connectivity index (χ1v) is 8.60. The van der Waals surface area contributed by atoms with Crippen LogP contribution >= 0.6 is 23.4 Å². The van der Waals surface area contributed by atoms with Gasteiger partial charge in [0.25, 0.3) is 5.91 Å². The Hall–Kier alpha value is -1.65. The Kier molecular flexibility index (Phi) is 6.16. The van der Waals surface area contributed by atoms with Crippen LogP contribution in [-0.2, 0) is 0 Å². The summed E-state index contributed by atoms with van der Waals surface area (Å²) in [5.74, 6) is -0.137. The van der Waals surface area contributed by atoms with E-state index in [4.69, 9.17) is 11.6 Å². The number of benzene rings is 2. The fourth-order valence-corrected chi connectivity index (χ4v) is 2.69. The van der Waals surface area contributed by atoms with Gasteiger partial charge in [0, 0.05) is 30.7 Å². The molecule has 0 unspecified atom stereocenters. The molecule has 5 heteroatoms. The van der Waals surface area contributed by atoms with Crippen molar-refractivity contribution in [3.05, 3.63) is 59.1 Å². The molecule has 116 valence electrons. The fourth-order valence-electron chi connectivity index (χ4n) is 2.05. The number of amides is 1. The molecular weight excluding hydrogens is 316 g/mol. The Morgan fingerprint density at radius 1 is 1.23 bits per heavy atom. The van der Waals surface area contributed by atoms with Crippen molar-refractivity contribution in [1.29, 1.82) is 0 Å². The maximum atomic E-state index is 12.2. The first kappa shape index (κ1) is 16.7. The number of thioether (sulfide) groups is 1. The highest BCUT2D eigenvalue weighted by atomic mass is 35.5. The zero-order valence-corrected chi connectivity index (χ0v) is 14.2. The van der Waals surface area contributed by atoms with Crippen LogP contribution in [0.3, 0.4) is 0 Å². The molecule has 0 aliphatic heterocycles. The maximum absolute atomic E-state index is 12.2. The van der Waals surface area contributed by atoms with Crippen LogP contribution in [0.4, 0.5) is 5.69 Å². The normalized spacial score (nSPS) is 10.3. The lowest BCUT2D eigenvalue weighted by Gasteiger charge is -2.19. The summed E-state index contributed by atoms with van der Waals surface area (Å²) in [6.45, 7) is 1.29. The van der Waals surface area contributed by atoms with E-state index in [-0.39, 0.29) is 5.91 Å². The topological polar surface area (TPSA) is 32.3 Å². The van der Waals surface area contributed by atoms with Gasteiger partial charge >= 0.3 is 0 Å². The lowest BCUT2D eigenvalue weighted by Crippen LogP contribution is -2.33. The summed E-state index contributed by atoms with van der Waals surface area (Å²) in [5.41, 5.74) is 1.65. The molecule has 2 rings (SSSR count). The molecule has 0 saturated carbocycles. The highest BCUT2D eigenvalue weighted by molar-refractivity contribution is 7.98. The van der Waals surface area contributed by atoms with E-state index >= 15 is 0 Å². The number of anilines is 1. The first-order valence-electron chi connectivity index (χ1n) is 6.99. The van der Waals surface area contributed by atoms with Crippen LogP contribution in [0.25, 0.3) is 0 Å². The monoisotopic (exact) mass is 334 g/mol. The number of likely N-dealkylation sites (N-methyl/N-ethyl adjacent to an activating group) is 1. The number of para-hydroxylation sites is 1. The van der Waals surface area contributed by atoms with Crippen LogP contribution in [0.15, 0.2) is 53.4 Å². The summed E-state index contributed by atoms with van der Waals surface area (Å²) < 4.78 is 0. The van der Waals surface area contributed by atoms with Crippen molar-refractivity contribution in [3.8, 4) is 0 Å². The Morgan fingerprint density at radius 3 is 2.64 bits per heavy atom. The van der Waals surface area contributed by atoms with E-state index < -0.39 is 0 Å². The number of carbonyl (C=O) groups is 1. The Morgan fingerprint density at radius 2 is 1.95 bits per heavy atom. The fraction of sp³-hybridized carbons (Fsp3) is 0.235. The van der Waals surface area contributed by atoms with Gasteiger partial charge in [0.2, 0.25) is 0 Å². The zero-order valence-electron chi connectivity index (χ0n) is 12.7. The molecule has 0 aliphatic rings. The van der Waals surface area contributed by atoms with Crippen LogP contribution in [0, 0.1) is 0 Å². The quantitative estimate of drug-likeness (QED) is 0.812. The molecule has 0 aliphatic carbocycles. The van der Waals surface area contributed by atoms with Gasteiger partial charge in [0.15, 0.2) is 0 Å². The van der Waals surface area contributed by atoms with Gasteiger partial charge in [-0.1, -0.05) is 29.8 Å². The summed E-state index contributed by atoms with van der Waals surface area (Å²) in [7, 11) is 2.00. The summed E-state index contributed by atoms with van der Waals surface area (Å²) >= 11 is 7.69. The third kappa shape index (κ3) is 4.42. The second-order valence-electron chi connectivity index (χ2n) is 4.86. The van der Waals surface area contributed by atoms with E-state index in [1.165, 1.54) is 0 Å². The molecule has 1 amide bonds. The van der Waals surface area contributed by atoms with Crippen molar-refractivity contribution in [2.45, 2.75) is 4.90 Å². The first-order chi connectivity index (χ1) is 10.6. The Balaban J connectivity index is 1.90. The molecule has 0 spiro atoms. The van der Waals surface area contributed by atoms with Gasteiger partial charge in [-0.3, -0.25) is 4.79 Å². The van der Waals surface area contributed by atoms with Crippen LogP contribution in [0.5, 0.6) is 0 Å². The van der Waals surface area contributed by atoms with Crippen molar-refractivity contribution in [2.24, 2.45) is 0 Å². The lowest BCUT2D eigenvalue weighted by atomic mass is 10.2. The van der Waals surface area contributed by atoms with Crippen molar-refractivity contribution in [2.75, 3.05) is 31.3 Å². The van der Waals surface area contributed by atoms with E-state index in [0.29, 0.717) is 17.1 Å². The molecule has 3 nitrogen and oxygen atoms in total. The predicted octanol–water partition coefficient (Wildman–Crippen LogP) is 3.93. The highest BCUT2D eigenvalue weighted by Crippen LogP contribution is 2.22. The van der Waals surface area contributed by atoms with E-state index in [9.17, 15) is 4.79 Å². The molecule has 0 heterocycles. The van der Waals surface area contributed by atoms with Gasteiger partial charge in [-0.25, -0.2) is 0 Å². The molecule has 0 atom stereocenters. The summed E-state index contributed by atoms with van der Waals surface area (Å²) in [4.78, 5) is 15.3. The molecule has 1 N–H and O–H groups in total. The Labute approximate surface area is 140 Å². The summed E-state index contributed by atoms with van der Waals surface area (Å²) in [6.07, 6.45) is 1.97. The number of hydrogen-bond acceptors (Lipinski definition) is 3. The van der Waals surface area contributed by atoms with E-state index in [1.807, 2.05) is 55.8 Å². The standard InChI is InChI=1S/C17H19ClN2OS/c1-20(13-6-4-3-5-7-13)11-10-19-17(21)15-12-14(22-2)8-9-16(15)18/h3-9,12H,10-11H2,1-2H3,(H,19,21). The highest BCUT2D eigenvalue weighted by Gasteiger charge is 2.11. The van der Waals surface area contributed by atoms with Crippen LogP contribution in [0.1, 0.15) is 10.4 Å². The second kappa shape index (κ2) is 8.11. The van der Waals surface area contributed by atoms with Crippen molar-refractivity contribution >= 4 is 35.0 Å². The third-order valence-electron chi connectivity index (χ3n) is 3.35. The smallest absolute Gasteiger partial charge is 0.252 e. The van der Waals surface area contributed by atoms with Crippen LogP contribution < -0.4 is 10.2 Å². The molecule has 0 bridgehead atoms. The predicted molar refractivity (Wildman–Crippen MR) is 95.3 cm³/mol. The lowest BCUT2D eigenvalue weighted by molar-refractivity contribution is 0.0954. The number of rotatable bonds is 6. The number of carbonyl (C=O) groups excluding carboxylic acids is 1. The summed E-state index contributed by atoms with van der Waals surface area (Å²) in [5, 5.41) is 3.40. The maximum Gasteiger partial charge on any atom is 0.252 e. The van der Waals surface area contributed by atoms with Crippen molar-refractivity contribution < 1.29 is 4.79 Å². The largest absolute Gasteiger partial charge is 0.373 e. The van der Waals surface area contributed by atoms with Gasteiger partial charge in [-0.15, -0.1) is 11.8 Å². The molecule has 22 heavy (non-hydrogen) atoms. The average Bonchev–Trinajstić information content (AvgIpc) is 2.55. The SMILES string of the molecule is CSc1ccc(Cl)c(C(=O)NCCN(C)c2ccccc2)c1. The van der Waals surface area contributed by atoms with Gasteiger partial charge < -0.3 is 10.2 Å². The van der Waals surface area contributed by atoms with E-state index in [1.54, 1.807) is 17.8 Å². The molecule has 2 aromatic rings. The number of nitrogens with zero attached hydrogens (tertiary/aromatic N) is 1. The molecular formula is C17H19ClN2OS. The zero-order chi connectivity index (χ0) is 15.9. The summed E-state index contributed by atoms with van der Waals surface area (Å²) in [6, 6.07) is 15.6. The van der Waals surface area contributed by atoms with Crippen molar-refractivity contribution in [3.63, 3.8) is 0 Å². The Bertz CT molecular complexity index is 634. The van der Waals surface area contributed by atoms with Crippen LogP contribution in [-0.4, -0.2) is 32.3 Å². The molecule has 0 aromatic heterocycles. The molecule has 2 aromatic carbocycles. The van der Waals surface area contributed by atoms with E-state index in [0.717, 1.165) is 17.1 Å². The number of hydrogen-bond donors (Lipinski definition) is 1. The average molecular weight is 335 g/mol.